The summed E-state index contributed by atoms with van der Waals surface area (Å²) in [7, 11) is 0. The first kappa shape index (κ1) is 17.1. The zero-order valence-electron chi connectivity index (χ0n) is 14.7. The molecule has 0 unspecified atom stereocenters. The summed E-state index contributed by atoms with van der Waals surface area (Å²) in [6.45, 7) is 8.87. The Kier molecular flexibility index (Phi) is 5.31. The van der Waals surface area contributed by atoms with Gasteiger partial charge < -0.3 is 5.32 Å². The van der Waals surface area contributed by atoms with Gasteiger partial charge in [0.2, 0.25) is 5.91 Å². The molecule has 5 heteroatoms. The second kappa shape index (κ2) is 7.45. The quantitative estimate of drug-likeness (QED) is 0.906. The molecule has 4 nitrogen and oxygen atoms in total. The van der Waals surface area contributed by atoms with Crippen LogP contribution in [0.3, 0.4) is 0 Å². The van der Waals surface area contributed by atoms with E-state index in [4.69, 9.17) is 0 Å². The van der Waals surface area contributed by atoms with Gasteiger partial charge in [-0.1, -0.05) is 12.5 Å². The zero-order valence-corrected chi connectivity index (χ0v) is 15.5. The molecule has 1 aromatic heterocycles. The largest absolute Gasteiger partial charge is 0.301 e. The Morgan fingerprint density at radius 2 is 1.83 bits per heavy atom. The van der Waals surface area contributed by atoms with Crippen LogP contribution in [0.4, 0.5) is 5.13 Å². The first-order valence-corrected chi connectivity index (χ1v) is 9.47. The molecule has 0 bridgehead atoms. The van der Waals surface area contributed by atoms with Crippen molar-refractivity contribution in [2.45, 2.75) is 40.0 Å². The maximum atomic E-state index is 12.2. The number of carbonyl (C=O) groups excluding carboxylic acids is 1. The zero-order chi connectivity index (χ0) is 17.1. The SMILES string of the molecule is Cc1cc(C)c(-c2csc(NC(=O)CN3CCCCC3)n2)cc1C. The fourth-order valence-corrected chi connectivity index (χ4v) is 3.90. The van der Waals surface area contributed by atoms with Crippen LogP contribution in [-0.2, 0) is 4.79 Å². The van der Waals surface area contributed by atoms with Gasteiger partial charge in [0.1, 0.15) is 0 Å². The average Bonchev–Trinajstić information content (AvgIpc) is 3.00. The van der Waals surface area contributed by atoms with Gasteiger partial charge in [-0.3, -0.25) is 9.69 Å². The summed E-state index contributed by atoms with van der Waals surface area (Å²) in [5.74, 6) is 0.0367. The Hall–Kier alpha value is -1.72. The molecule has 0 atom stereocenters. The van der Waals surface area contributed by atoms with Crippen molar-refractivity contribution in [3.8, 4) is 11.3 Å². The number of likely N-dealkylation sites (tertiary alicyclic amines) is 1. The van der Waals surface area contributed by atoms with Crippen molar-refractivity contribution in [2.24, 2.45) is 0 Å². The van der Waals surface area contributed by atoms with Gasteiger partial charge in [0, 0.05) is 10.9 Å². The Balaban J connectivity index is 1.67. The molecule has 1 saturated heterocycles. The number of rotatable bonds is 4. The molecule has 2 heterocycles. The van der Waals surface area contributed by atoms with E-state index in [0.29, 0.717) is 11.7 Å². The van der Waals surface area contributed by atoms with Crippen molar-refractivity contribution in [2.75, 3.05) is 25.0 Å². The first-order chi connectivity index (χ1) is 11.5. The fourth-order valence-electron chi connectivity index (χ4n) is 3.17. The highest BCUT2D eigenvalue weighted by molar-refractivity contribution is 7.14. The molecule has 1 aliphatic heterocycles. The topological polar surface area (TPSA) is 45.2 Å². The van der Waals surface area contributed by atoms with Crippen LogP contribution in [-0.4, -0.2) is 35.4 Å². The van der Waals surface area contributed by atoms with Crippen LogP contribution >= 0.6 is 11.3 Å². The Labute approximate surface area is 147 Å². The van der Waals surface area contributed by atoms with Gasteiger partial charge in [-0.2, -0.15) is 0 Å². The van der Waals surface area contributed by atoms with E-state index in [9.17, 15) is 4.79 Å². The predicted molar refractivity (Wildman–Crippen MR) is 101 cm³/mol. The lowest BCUT2D eigenvalue weighted by molar-refractivity contribution is -0.117. The molecule has 0 aliphatic carbocycles. The van der Waals surface area contributed by atoms with Crippen LogP contribution in [0.25, 0.3) is 11.3 Å². The number of benzene rings is 1. The standard InChI is InChI=1S/C19H25N3OS/c1-13-9-15(3)16(10-14(13)2)17-12-24-19(20-17)21-18(23)11-22-7-5-4-6-8-22/h9-10,12H,4-8,11H2,1-3H3,(H,20,21,23). The molecule has 1 N–H and O–H groups in total. The van der Waals surface area contributed by atoms with Gasteiger partial charge in [0.25, 0.3) is 0 Å². The molecular formula is C19H25N3OS. The molecule has 128 valence electrons. The van der Waals surface area contributed by atoms with Crippen LogP contribution in [0.15, 0.2) is 17.5 Å². The van der Waals surface area contributed by atoms with Crippen LogP contribution in [0, 0.1) is 20.8 Å². The number of carbonyl (C=O) groups is 1. The smallest absolute Gasteiger partial charge is 0.240 e. The first-order valence-electron chi connectivity index (χ1n) is 8.59. The van der Waals surface area contributed by atoms with Crippen LogP contribution in [0.5, 0.6) is 0 Å². The molecule has 1 aromatic carbocycles. The summed E-state index contributed by atoms with van der Waals surface area (Å²) >= 11 is 1.49. The second-order valence-electron chi connectivity index (χ2n) is 6.67. The minimum Gasteiger partial charge on any atom is -0.301 e. The van der Waals surface area contributed by atoms with E-state index in [1.807, 2.05) is 5.38 Å². The molecule has 2 aromatic rings. The molecule has 1 fully saturated rings. The van der Waals surface area contributed by atoms with Crippen molar-refractivity contribution in [3.05, 3.63) is 34.2 Å². The number of nitrogens with one attached hydrogen (secondary N) is 1. The van der Waals surface area contributed by atoms with Crippen molar-refractivity contribution in [1.29, 1.82) is 0 Å². The Morgan fingerprint density at radius 1 is 1.12 bits per heavy atom. The number of thiazole rings is 1. The van der Waals surface area contributed by atoms with Crippen molar-refractivity contribution >= 4 is 22.4 Å². The fraction of sp³-hybridized carbons (Fsp3) is 0.474. The van der Waals surface area contributed by atoms with Crippen LogP contribution in [0.2, 0.25) is 0 Å². The van der Waals surface area contributed by atoms with E-state index in [1.165, 1.54) is 47.3 Å². The number of amides is 1. The molecule has 0 spiro atoms. The number of hydrogen-bond acceptors (Lipinski definition) is 4. The number of hydrogen-bond donors (Lipinski definition) is 1. The summed E-state index contributed by atoms with van der Waals surface area (Å²) in [5, 5.41) is 5.66. The van der Waals surface area contributed by atoms with Crippen molar-refractivity contribution in [3.63, 3.8) is 0 Å². The number of piperidine rings is 1. The number of aromatic nitrogens is 1. The van der Waals surface area contributed by atoms with Gasteiger partial charge in [-0.05, 0) is 69.5 Å². The lowest BCUT2D eigenvalue weighted by atomic mass is 9.99. The summed E-state index contributed by atoms with van der Waals surface area (Å²) in [6, 6.07) is 4.37. The maximum Gasteiger partial charge on any atom is 0.240 e. The van der Waals surface area contributed by atoms with Crippen molar-refractivity contribution < 1.29 is 4.79 Å². The minimum absolute atomic E-state index is 0.0367. The lowest BCUT2D eigenvalue weighted by Crippen LogP contribution is -2.36. The van der Waals surface area contributed by atoms with Gasteiger partial charge in [-0.15, -0.1) is 11.3 Å². The molecule has 0 saturated carbocycles. The summed E-state index contributed by atoms with van der Waals surface area (Å²) in [6.07, 6.45) is 3.67. The van der Waals surface area contributed by atoms with E-state index in [2.05, 4.69) is 48.1 Å². The molecular weight excluding hydrogens is 318 g/mol. The normalized spacial score (nSPS) is 15.5. The third-order valence-corrected chi connectivity index (χ3v) is 5.44. The van der Waals surface area contributed by atoms with E-state index in [1.54, 1.807) is 0 Å². The van der Waals surface area contributed by atoms with Crippen molar-refractivity contribution in [1.82, 2.24) is 9.88 Å². The van der Waals surface area contributed by atoms with E-state index in [0.717, 1.165) is 24.3 Å². The third kappa shape index (κ3) is 4.02. The van der Waals surface area contributed by atoms with Crippen LogP contribution < -0.4 is 5.32 Å². The summed E-state index contributed by atoms with van der Waals surface area (Å²) in [4.78, 5) is 19.0. The molecule has 1 amide bonds. The van der Waals surface area contributed by atoms with Gasteiger partial charge >= 0.3 is 0 Å². The van der Waals surface area contributed by atoms with Crippen LogP contribution in [0.1, 0.15) is 36.0 Å². The number of anilines is 1. The molecule has 3 rings (SSSR count). The van der Waals surface area contributed by atoms with E-state index < -0.39 is 0 Å². The summed E-state index contributed by atoms with van der Waals surface area (Å²) in [5.41, 5.74) is 5.86. The third-order valence-electron chi connectivity index (χ3n) is 4.68. The summed E-state index contributed by atoms with van der Waals surface area (Å²) < 4.78 is 0. The number of nitrogens with zero attached hydrogens (tertiary/aromatic N) is 2. The lowest BCUT2D eigenvalue weighted by Gasteiger charge is -2.25. The van der Waals surface area contributed by atoms with E-state index in [-0.39, 0.29) is 5.91 Å². The second-order valence-corrected chi connectivity index (χ2v) is 7.53. The van der Waals surface area contributed by atoms with Gasteiger partial charge in [0.05, 0.1) is 12.2 Å². The average molecular weight is 343 g/mol. The van der Waals surface area contributed by atoms with E-state index >= 15 is 0 Å². The van der Waals surface area contributed by atoms with Gasteiger partial charge in [-0.25, -0.2) is 4.98 Å². The van der Waals surface area contributed by atoms with Gasteiger partial charge in [0.15, 0.2) is 5.13 Å². The Bertz CT molecular complexity index is 732. The number of aryl methyl sites for hydroxylation is 3. The predicted octanol–water partition coefficient (Wildman–Crippen LogP) is 4.16. The molecule has 24 heavy (non-hydrogen) atoms. The highest BCUT2D eigenvalue weighted by Gasteiger charge is 2.15. The monoisotopic (exact) mass is 343 g/mol. The highest BCUT2D eigenvalue weighted by atomic mass is 32.1. The molecule has 1 aliphatic rings. The minimum atomic E-state index is 0.0367. The Morgan fingerprint density at radius 3 is 2.58 bits per heavy atom. The highest BCUT2D eigenvalue weighted by Crippen LogP contribution is 2.29. The maximum absolute atomic E-state index is 12.2. The molecule has 0 radical (unpaired) electrons.